The molecule has 2 N–H and O–H groups in total. The van der Waals surface area contributed by atoms with Gasteiger partial charge in [0, 0.05) is 11.6 Å². The van der Waals surface area contributed by atoms with Crippen molar-refractivity contribution < 1.29 is 14.4 Å². The number of nitrogens with one attached hydrogen (secondary N) is 2. The van der Waals surface area contributed by atoms with Crippen LogP contribution in [0.15, 0.2) is 78.9 Å². The third-order valence-corrected chi connectivity index (χ3v) is 3.55. The average Bonchev–Trinajstić information content (AvgIpc) is 2.62. The van der Waals surface area contributed by atoms with Crippen molar-refractivity contribution in [2.45, 2.75) is 0 Å². The maximum absolute atomic E-state index is 13.0. The molecule has 3 rings (SSSR count). The average molecular weight is 322 g/mol. The van der Waals surface area contributed by atoms with Gasteiger partial charge in [-0.25, -0.2) is 15.0 Å². The van der Waals surface area contributed by atoms with Crippen molar-refractivity contribution in [1.29, 1.82) is 0 Å². The number of carbonyl (C=O) groups excluding carboxylic acids is 1. The molecule has 0 aromatic heterocycles. The highest BCUT2D eigenvalue weighted by atomic mass is 19.1. The van der Waals surface area contributed by atoms with Crippen LogP contribution < -0.4 is 10.6 Å². The van der Waals surface area contributed by atoms with Gasteiger partial charge in [-0.1, -0.05) is 30.3 Å². The van der Waals surface area contributed by atoms with Crippen molar-refractivity contribution in [2.75, 3.05) is 5.43 Å². The van der Waals surface area contributed by atoms with Gasteiger partial charge in [0.1, 0.15) is 5.82 Å². The van der Waals surface area contributed by atoms with E-state index >= 15 is 0 Å². The van der Waals surface area contributed by atoms with Gasteiger partial charge < -0.3 is 5.21 Å². The Morgan fingerprint density at radius 3 is 2.21 bits per heavy atom. The predicted octanol–water partition coefficient (Wildman–Crippen LogP) is 3.10. The number of ketones is 1. The van der Waals surface area contributed by atoms with Crippen molar-refractivity contribution in [3.8, 4) is 0 Å². The van der Waals surface area contributed by atoms with E-state index in [1.165, 1.54) is 24.3 Å². The third kappa shape index (κ3) is 3.48. The summed E-state index contributed by atoms with van der Waals surface area (Å²) < 4.78 is 13.0. The zero-order chi connectivity index (χ0) is 16.9. The molecule has 0 fully saturated rings. The first-order chi connectivity index (χ1) is 11.6. The molecule has 120 valence electrons. The van der Waals surface area contributed by atoms with Crippen LogP contribution in [0.5, 0.6) is 0 Å². The van der Waals surface area contributed by atoms with Gasteiger partial charge in [0.25, 0.3) is 0 Å². The van der Waals surface area contributed by atoms with Gasteiger partial charge >= 0.3 is 0 Å². The van der Waals surface area contributed by atoms with Gasteiger partial charge in [0.05, 0.1) is 11.3 Å². The molecule has 1 unspecified atom stereocenters. The van der Waals surface area contributed by atoms with E-state index in [1.54, 1.807) is 36.4 Å². The number of carbonyl (C=O) groups is 1. The summed E-state index contributed by atoms with van der Waals surface area (Å²) in [6, 6.07) is 20.8. The molecule has 0 aliphatic heterocycles. The van der Waals surface area contributed by atoms with Crippen molar-refractivity contribution in [3.05, 3.63) is 101 Å². The molecule has 0 spiro atoms. The first kappa shape index (κ1) is 15.9. The van der Waals surface area contributed by atoms with Gasteiger partial charge in [-0.2, -0.15) is 0 Å². The summed E-state index contributed by atoms with van der Waals surface area (Å²) >= 11 is 0. The molecule has 0 amide bonds. The molecular formula is C19H15FN2O2. The number of halogens is 1. The van der Waals surface area contributed by atoms with Crippen LogP contribution in [-0.4, -0.2) is 5.78 Å². The molecule has 5 heteroatoms. The van der Waals surface area contributed by atoms with Crippen LogP contribution >= 0.6 is 0 Å². The third-order valence-electron chi connectivity index (χ3n) is 3.55. The number of hydrogen-bond donors (Lipinski definition) is 2. The Labute approximate surface area is 138 Å². The number of hydrogen-bond acceptors (Lipinski definition) is 3. The van der Waals surface area contributed by atoms with Crippen molar-refractivity contribution in [3.63, 3.8) is 0 Å². The Kier molecular flexibility index (Phi) is 4.65. The molecule has 3 aromatic rings. The van der Waals surface area contributed by atoms with E-state index in [2.05, 4.69) is 5.43 Å². The fraction of sp³-hybridized carbons (Fsp3) is 0. The van der Waals surface area contributed by atoms with E-state index in [9.17, 15) is 14.4 Å². The van der Waals surface area contributed by atoms with Crippen LogP contribution in [0.25, 0.3) is 0 Å². The second kappa shape index (κ2) is 7.04. The molecule has 24 heavy (non-hydrogen) atoms. The van der Waals surface area contributed by atoms with Gasteiger partial charge in [0.15, 0.2) is 11.5 Å². The summed E-state index contributed by atoms with van der Waals surface area (Å²) in [5, 5.41) is 12.1. The Bertz CT molecular complexity index is 836. The molecule has 0 heterocycles. The molecule has 0 aliphatic carbocycles. The Morgan fingerprint density at radius 1 is 0.875 bits per heavy atom. The first-order valence-corrected chi connectivity index (χ1v) is 7.41. The van der Waals surface area contributed by atoms with Crippen molar-refractivity contribution >= 4 is 17.2 Å². The van der Waals surface area contributed by atoms with Crippen LogP contribution in [-0.2, 0) is 0 Å². The number of anilines is 1. The van der Waals surface area contributed by atoms with Crippen LogP contribution in [0.2, 0.25) is 0 Å². The van der Waals surface area contributed by atoms with Crippen molar-refractivity contribution in [1.82, 2.24) is 0 Å². The standard InChI is InChI=1S/C19H15FN2O2/c20-15-12-10-14(11-13-15)19(23)17-8-4-5-9-18(17)22(24)21-16-6-2-1-3-7-16/h1-13,21-22H. The number of para-hydroxylation sites is 2. The lowest BCUT2D eigenvalue weighted by Crippen LogP contribution is -3.06. The number of rotatable bonds is 5. The first-order valence-electron chi connectivity index (χ1n) is 7.41. The zero-order valence-electron chi connectivity index (χ0n) is 12.7. The molecule has 1 atom stereocenters. The van der Waals surface area contributed by atoms with Gasteiger partial charge in [-0.05, 0) is 42.5 Å². The predicted molar refractivity (Wildman–Crippen MR) is 90.3 cm³/mol. The highest BCUT2D eigenvalue weighted by Gasteiger charge is 2.18. The van der Waals surface area contributed by atoms with Crippen LogP contribution in [0.4, 0.5) is 15.8 Å². The van der Waals surface area contributed by atoms with E-state index in [0.29, 0.717) is 11.3 Å². The fourth-order valence-corrected chi connectivity index (χ4v) is 2.36. The van der Waals surface area contributed by atoms with E-state index in [0.717, 1.165) is 0 Å². The fourth-order valence-electron chi connectivity index (χ4n) is 2.36. The molecule has 0 bridgehead atoms. The lowest BCUT2D eigenvalue weighted by Gasteiger charge is -2.24. The lowest BCUT2D eigenvalue weighted by atomic mass is 10.0. The Hall–Kier alpha value is -3.02. The van der Waals surface area contributed by atoms with Crippen molar-refractivity contribution in [2.24, 2.45) is 0 Å². The highest BCUT2D eigenvalue weighted by Crippen LogP contribution is 2.17. The number of quaternary nitrogens is 1. The second-order valence-electron chi connectivity index (χ2n) is 5.20. The van der Waals surface area contributed by atoms with Gasteiger partial charge in [-0.3, -0.25) is 4.79 Å². The minimum atomic E-state index is -0.415. The van der Waals surface area contributed by atoms with E-state index in [4.69, 9.17) is 0 Å². The maximum atomic E-state index is 13.0. The van der Waals surface area contributed by atoms with E-state index < -0.39 is 5.82 Å². The summed E-state index contributed by atoms with van der Waals surface area (Å²) in [5.74, 6) is -0.740. The molecule has 4 nitrogen and oxygen atoms in total. The monoisotopic (exact) mass is 322 g/mol. The smallest absolute Gasteiger partial charge is 0.199 e. The molecule has 0 saturated carbocycles. The summed E-state index contributed by atoms with van der Waals surface area (Å²) in [4.78, 5) is 12.6. The molecular weight excluding hydrogens is 307 g/mol. The van der Waals surface area contributed by atoms with Crippen LogP contribution in [0, 0.1) is 11.0 Å². The normalized spacial score (nSPS) is 11.8. The largest absolute Gasteiger partial charge is 0.603 e. The minimum absolute atomic E-state index is 0.274. The highest BCUT2D eigenvalue weighted by molar-refractivity contribution is 6.11. The number of benzene rings is 3. The maximum Gasteiger partial charge on any atom is 0.199 e. The molecule has 0 radical (unpaired) electrons. The van der Waals surface area contributed by atoms with Gasteiger partial charge in [-0.15, -0.1) is 0 Å². The zero-order valence-corrected chi connectivity index (χ0v) is 12.7. The van der Waals surface area contributed by atoms with Crippen LogP contribution in [0.1, 0.15) is 15.9 Å². The molecule has 0 aliphatic rings. The quantitative estimate of drug-likeness (QED) is 0.560. The topological polar surface area (TPSA) is 56.6 Å². The summed E-state index contributed by atoms with van der Waals surface area (Å²) in [6.45, 7) is 0. The minimum Gasteiger partial charge on any atom is -0.603 e. The SMILES string of the molecule is O=C(c1ccc(F)cc1)c1ccccc1[NH+]([O-])Nc1ccccc1. The second-order valence-corrected chi connectivity index (χ2v) is 5.20. The Morgan fingerprint density at radius 2 is 1.50 bits per heavy atom. The van der Waals surface area contributed by atoms with E-state index in [1.807, 2.05) is 18.2 Å². The molecule has 0 saturated heterocycles. The lowest BCUT2D eigenvalue weighted by molar-refractivity contribution is -0.749. The van der Waals surface area contributed by atoms with E-state index in [-0.39, 0.29) is 22.2 Å². The summed E-state index contributed by atoms with van der Waals surface area (Å²) in [7, 11) is 0. The van der Waals surface area contributed by atoms with Gasteiger partial charge in [0.2, 0.25) is 0 Å². The Balaban J connectivity index is 1.90. The summed E-state index contributed by atoms with van der Waals surface area (Å²) in [6.07, 6.45) is 0. The van der Waals surface area contributed by atoms with Crippen LogP contribution in [0.3, 0.4) is 0 Å². The summed E-state index contributed by atoms with van der Waals surface area (Å²) in [5.41, 5.74) is 4.29. The molecule has 3 aromatic carbocycles.